The predicted molar refractivity (Wildman–Crippen MR) is 113 cm³/mol. The largest absolute Gasteiger partial charge is 0.495 e. The van der Waals surface area contributed by atoms with Gasteiger partial charge in [0.2, 0.25) is 0 Å². The predicted octanol–water partition coefficient (Wildman–Crippen LogP) is 6.05. The average Bonchev–Trinajstić information content (AvgIpc) is 2.49. The fourth-order valence-electron chi connectivity index (χ4n) is 1.75. The molecule has 0 amide bonds. The first-order chi connectivity index (χ1) is 12.6. The lowest BCUT2D eigenvalue weighted by Crippen LogP contribution is -2.48. The van der Waals surface area contributed by atoms with Crippen molar-refractivity contribution in [2.24, 2.45) is 10.8 Å². The zero-order valence-electron chi connectivity index (χ0n) is 19.8. The molecule has 0 rings (SSSR count). The molecule has 5 nitrogen and oxygen atoms in total. The van der Waals surface area contributed by atoms with Crippen molar-refractivity contribution in [3.63, 3.8) is 0 Å². The van der Waals surface area contributed by atoms with Gasteiger partial charge in [-0.3, -0.25) is 9.59 Å². The van der Waals surface area contributed by atoms with E-state index in [-0.39, 0.29) is 5.97 Å². The van der Waals surface area contributed by atoms with E-state index in [2.05, 4.69) is 24.4 Å². The second kappa shape index (κ2) is 10.9. The Bertz CT molecular complexity index is 539. The van der Waals surface area contributed by atoms with Gasteiger partial charge >= 0.3 is 20.7 Å². The van der Waals surface area contributed by atoms with Crippen LogP contribution in [0.4, 0.5) is 13.2 Å². The van der Waals surface area contributed by atoms with E-state index in [1.807, 2.05) is 33.9 Å². The molecule has 0 heterocycles. The summed E-state index contributed by atoms with van der Waals surface area (Å²) in [5.74, 6) is -0.947. The number of carbonyl (C=O) groups excluding carboxylic acids is 2. The van der Waals surface area contributed by atoms with Gasteiger partial charge in [-0.05, 0) is 73.3 Å². The number of ether oxygens (including phenoxy) is 1. The first-order valence-electron chi connectivity index (χ1n) is 9.76. The van der Waals surface area contributed by atoms with Crippen LogP contribution in [-0.4, -0.2) is 41.6 Å². The first-order valence-corrected chi connectivity index (χ1v) is 16.0. The number of halogens is 3. The molecule has 0 spiro atoms. The zero-order chi connectivity index (χ0) is 23.9. The molecule has 0 atom stereocenters. The molecule has 0 saturated carbocycles. The topological polar surface area (TPSA) is 61.8 Å². The van der Waals surface area contributed by atoms with Gasteiger partial charge in [-0.2, -0.15) is 13.2 Å². The number of hydrogen-bond acceptors (Lipinski definition) is 5. The number of rotatable bonds is 8. The van der Waals surface area contributed by atoms with Crippen LogP contribution in [0.5, 0.6) is 0 Å². The van der Waals surface area contributed by atoms with Crippen LogP contribution < -0.4 is 0 Å². The van der Waals surface area contributed by atoms with Gasteiger partial charge in [-0.25, -0.2) is 0 Å². The maximum Gasteiger partial charge on any atom is 0.422 e. The summed E-state index contributed by atoms with van der Waals surface area (Å²) in [6, 6.07) is 0. The molecule has 0 aliphatic carbocycles. The Kier molecular flexibility index (Phi) is 11.4. The molecular weight excluding hydrogens is 421 g/mol. The Morgan fingerprint density at radius 1 is 0.793 bits per heavy atom. The molecule has 174 valence electrons. The van der Waals surface area contributed by atoms with E-state index in [4.69, 9.17) is 8.54 Å². The van der Waals surface area contributed by atoms with Crippen molar-refractivity contribution >= 4 is 28.8 Å². The van der Waals surface area contributed by atoms with Crippen molar-refractivity contribution in [2.45, 2.75) is 93.3 Å². The van der Waals surface area contributed by atoms with Crippen molar-refractivity contribution in [3.8, 4) is 0 Å². The van der Waals surface area contributed by atoms with Crippen LogP contribution in [-0.2, 0) is 22.9 Å². The van der Waals surface area contributed by atoms with Gasteiger partial charge in [0.05, 0.1) is 10.8 Å². The van der Waals surface area contributed by atoms with Crippen molar-refractivity contribution in [3.05, 3.63) is 0 Å². The quantitative estimate of drug-likeness (QED) is 0.326. The van der Waals surface area contributed by atoms with Gasteiger partial charge in [0.25, 0.3) is 5.97 Å². The Morgan fingerprint density at radius 3 is 1.48 bits per heavy atom. The minimum atomic E-state index is -4.44. The number of hydrogen-bond donors (Lipinski definition) is 0. The number of alkyl halides is 3. The molecule has 29 heavy (non-hydrogen) atoms. The summed E-state index contributed by atoms with van der Waals surface area (Å²) >= 11 is 0. The van der Waals surface area contributed by atoms with E-state index in [0.29, 0.717) is 6.42 Å². The minimum absolute atomic E-state index is 0.134. The molecule has 10 heteroatoms. The van der Waals surface area contributed by atoms with E-state index >= 15 is 0 Å². The van der Waals surface area contributed by atoms with E-state index in [1.165, 1.54) is 0 Å². The van der Waals surface area contributed by atoms with Gasteiger partial charge in [0, 0.05) is 0 Å². The van der Waals surface area contributed by atoms with E-state index < -0.39 is 46.5 Å². The minimum Gasteiger partial charge on any atom is -0.495 e. The zero-order valence-corrected chi connectivity index (χ0v) is 21.8. The highest BCUT2D eigenvalue weighted by atomic mass is 28.4. The Labute approximate surface area is 176 Å². The number of carbonyl (C=O) groups is 2. The molecular formula is C19H39F3O5Si2. The van der Waals surface area contributed by atoms with Crippen LogP contribution in [0.2, 0.25) is 32.7 Å². The van der Waals surface area contributed by atoms with Crippen molar-refractivity contribution in [1.82, 2.24) is 0 Å². The molecule has 0 aromatic heterocycles. The van der Waals surface area contributed by atoms with Crippen LogP contribution in [0.1, 0.15) is 54.4 Å². The van der Waals surface area contributed by atoms with Gasteiger partial charge in [-0.1, -0.05) is 13.8 Å². The Balaban J connectivity index is 0. The summed E-state index contributed by atoms with van der Waals surface area (Å²) in [4.78, 5) is 23.0. The summed E-state index contributed by atoms with van der Waals surface area (Å²) in [6.07, 6.45) is -3.22. The summed E-state index contributed by atoms with van der Waals surface area (Å²) < 4.78 is 50.5. The van der Waals surface area contributed by atoms with Crippen molar-refractivity contribution in [1.29, 1.82) is 0 Å². The van der Waals surface area contributed by atoms with Gasteiger partial charge in [0.1, 0.15) is 0 Å². The maximum atomic E-state index is 11.9. The van der Waals surface area contributed by atoms with Crippen LogP contribution in [0, 0.1) is 10.8 Å². The van der Waals surface area contributed by atoms with E-state index in [1.54, 1.807) is 20.8 Å². The highest BCUT2D eigenvalue weighted by molar-refractivity contribution is 6.81. The summed E-state index contributed by atoms with van der Waals surface area (Å²) in [5.41, 5.74) is -1.25. The molecule has 0 aromatic rings. The smallest absolute Gasteiger partial charge is 0.422 e. The lowest BCUT2D eigenvalue weighted by molar-refractivity contribution is -0.192. The van der Waals surface area contributed by atoms with Gasteiger partial charge in [-0.15, -0.1) is 0 Å². The third-order valence-electron chi connectivity index (χ3n) is 4.13. The normalized spacial score (nSPS) is 13.3. The van der Waals surface area contributed by atoms with Crippen LogP contribution >= 0.6 is 0 Å². The van der Waals surface area contributed by atoms with Crippen molar-refractivity contribution in [2.75, 3.05) is 6.61 Å². The third-order valence-corrected chi connectivity index (χ3v) is 9.22. The fraction of sp³-hybridized carbons (Fsp3) is 0.895. The van der Waals surface area contributed by atoms with Crippen LogP contribution in [0.25, 0.3) is 0 Å². The molecule has 0 fully saturated rings. The Morgan fingerprint density at radius 2 is 1.17 bits per heavy atom. The number of esters is 1. The fourth-order valence-corrected chi connectivity index (χ4v) is 8.54. The summed E-state index contributed by atoms with van der Waals surface area (Å²) in [5, 5.41) is 0. The van der Waals surface area contributed by atoms with Crippen LogP contribution in [0.3, 0.4) is 0 Å². The standard InChI is InChI=1S/C11H26O3Si2.C8H13F3O2/c1-9-11(2,3)10(12)13-16(7,8)14-15(4,5)6;1-4-7(2,3)6(12)13-5-8(9,10)11/h9H2,1-8H3;4-5H2,1-3H3. The maximum absolute atomic E-state index is 11.9. The molecule has 0 aliphatic heterocycles. The molecule has 0 radical (unpaired) electrons. The van der Waals surface area contributed by atoms with Crippen molar-refractivity contribution < 1.29 is 36.0 Å². The van der Waals surface area contributed by atoms with Crippen LogP contribution in [0.15, 0.2) is 0 Å². The third kappa shape index (κ3) is 14.7. The molecule has 0 bridgehead atoms. The van der Waals surface area contributed by atoms with Gasteiger partial charge in [0.15, 0.2) is 14.9 Å². The summed E-state index contributed by atoms with van der Waals surface area (Å²) in [6.45, 7) is 19.3. The molecule has 0 N–H and O–H groups in total. The lowest BCUT2D eigenvalue weighted by Gasteiger charge is -2.33. The average molecular weight is 461 g/mol. The lowest BCUT2D eigenvalue weighted by atomic mass is 9.91. The molecule has 0 saturated heterocycles. The van der Waals surface area contributed by atoms with E-state index in [9.17, 15) is 22.8 Å². The monoisotopic (exact) mass is 460 g/mol. The second-order valence-corrected chi connectivity index (χ2v) is 17.7. The van der Waals surface area contributed by atoms with Gasteiger partial charge < -0.3 is 13.3 Å². The highest BCUT2D eigenvalue weighted by Crippen LogP contribution is 2.25. The first kappa shape index (κ1) is 30.3. The highest BCUT2D eigenvalue weighted by Gasteiger charge is 2.39. The second-order valence-electron chi connectivity index (χ2n) is 9.67. The molecule has 0 aromatic carbocycles. The van der Waals surface area contributed by atoms with E-state index in [0.717, 1.165) is 6.42 Å². The SMILES string of the molecule is CCC(C)(C)C(=O)OCC(F)(F)F.CCC(C)(C)C(=O)O[Si](C)(C)O[Si](C)(C)C. The Hall–Kier alpha value is -0.876. The molecule has 0 aliphatic rings. The molecule has 0 unspecified atom stereocenters. The summed E-state index contributed by atoms with van der Waals surface area (Å²) in [7, 11) is -3.96.